The van der Waals surface area contributed by atoms with Crippen molar-refractivity contribution in [1.82, 2.24) is 49.0 Å². The van der Waals surface area contributed by atoms with Crippen LogP contribution in [-0.2, 0) is 47.9 Å². The Hall–Kier alpha value is -10.4. The molecule has 0 aliphatic heterocycles. The molecule has 2 unspecified atom stereocenters. The van der Waals surface area contributed by atoms with Crippen molar-refractivity contribution in [3.63, 3.8) is 0 Å². The molecule has 23 heteroatoms. The third kappa shape index (κ3) is 16.4. The summed E-state index contributed by atoms with van der Waals surface area (Å²) in [5.74, 6) is -1.43. The Morgan fingerprint density at radius 2 is 1.00 bits per heavy atom. The average molecular weight is 1130 g/mol. The molecule has 0 fully saturated rings. The zero-order valence-corrected chi connectivity index (χ0v) is 45.3. The van der Waals surface area contributed by atoms with Gasteiger partial charge in [0.1, 0.15) is 40.8 Å². The SMILES string of the molecule is CCOC(=O)C(N)c1ccccn1.CCOC(=O)C(NC(=O)Cc1ccccc1F)c1ccccn1.CCOC(=O)c1nc(Cc2ccccc2F)n2ccccc12.Nc1nc(N)nc(-c2nc(Cc3ccccc3F)n3ccccc23)n1. The number of anilines is 2. The highest BCUT2D eigenvalue weighted by atomic mass is 19.1. The van der Waals surface area contributed by atoms with E-state index in [2.05, 4.69) is 40.2 Å². The largest absolute Gasteiger partial charge is 0.465 e. The maximum Gasteiger partial charge on any atom is 0.359 e. The molecule has 0 spiro atoms. The lowest BCUT2D eigenvalue weighted by Gasteiger charge is -2.17. The number of benzene rings is 3. The van der Waals surface area contributed by atoms with Gasteiger partial charge < -0.3 is 45.5 Å². The van der Waals surface area contributed by atoms with E-state index in [1.54, 1.807) is 129 Å². The minimum Gasteiger partial charge on any atom is -0.465 e. The summed E-state index contributed by atoms with van der Waals surface area (Å²) in [6.07, 6.45) is 7.23. The number of carbonyl (C=O) groups excluding carboxylic acids is 4. The quantitative estimate of drug-likeness (QED) is 0.0524. The molecule has 1 amide bonds. The molecule has 20 nitrogen and oxygen atoms in total. The molecule has 0 bridgehead atoms. The fraction of sp³-hybridized carbons (Fsp3) is 0.183. The number of nitrogen functional groups attached to an aromatic ring is 2. The summed E-state index contributed by atoms with van der Waals surface area (Å²) in [5, 5.41) is 2.55. The van der Waals surface area contributed by atoms with Crippen molar-refractivity contribution in [1.29, 1.82) is 0 Å². The van der Waals surface area contributed by atoms with Gasteiger partial charge in [-0.2, -0.15) is 15.0 Å². The summed E-state index contributed by atoms with van der Waals surface area (Å²) in [5.41, 5.74) is 21.4. The number of esters is 3. The maximum atomic E-state index is 14.0. The fourth-order valence-electron chi connectivity index (χ4n) is 8.07. The van der Waals surface area contributed by atoms with Gasteiger partial charge in [-0.25, -0.2) is 37.5 Å². The number of nitrogens with two attached hydrogens (primary N) is 3. The van der Waals surface area contributed by atoms with E-state index in [9.17, 15) is 32.3 Å². The van der Waals surface area contributed by atoms with Gasteiger partial charge in [0.05, 0.1) is 48.7 Å². The topological polar surface area (TPSA) is 285 Å². The highest BCUT2D eigenvalue weighted by molar-refractivity contribution is 5.95. The first-order chi connectivity index (χ1) is 40.2. The molecule has 3 aromatic carbocycles. The number of amides is 1. The summed E-state index contributed by atoms with van der Waals surface area (Å²) in [6, 6.07) is 38.7. The number of aromatic nitrogens is 9. The second-order valence-corrected chi connectivity index (χ2v) is 17.6. The molecule has 0 aliphatic rings. The monoisotopic (exact) mass is 1130 g/mol. The Balaban J connectivity index is 0.000000163. The molecular weight excluding hydrogens is 1070 g/mol. The molecule has 0 aliphatic carbocycles. The van der Waals surface area contributed by atoms with Crippen LogP contribution in [0.3, 0.4) is 0 Å². The van der Waals surface area contributed by atoms with Crippen LogP contribution in [0.25, 0.3) is 22.6 Å². The molecule has 7 N–H and O–H groups in total. The number of rotatable bonds is 16. The van der Waals surface area contributed by atoms with Crippen LogP contribution in [0.1, 0.15) is 83.1 Å². The van der Waals surface area contributed by atoms with Crippen molar-refractivity contribution in [2.45, 2.75) is 52.1 Å². The molecule has 7 aromatic heterocycles. The van der Waals surface area contributed by atoms with Crippen molar-refractivity contribution in [3.05, 3.63) is 233 Å². The minimum atomic E-state index is -1.02. The van der Waals surface area contributed by atoms with Crippen LogP contribution in [0.15, 0.2) is 170 Å². The first-order valence-corrected chi connectivity index (χ1v) is 26.0. The highest BCUT2D eigenvalue weighted by Gasteiger charge is 2.26. The fourth-order valence-corrected chi connectivity index (χ4v) is 8.07. The average Bonchev–Trinajstić information content (AvgIpc) is 4.22. The Labute approximate surface area is 474 Å². The van der Waals surface area contributed by atoms with Crippen molar-refractivity contribution in [3.8, 4) is 11.5 Å². The maximum absolute atomic E-state index is 14.0. The van der Waals surface area contributed by atoms with Gasteiger partial charge in [-0.15, -0.1) is 0 Å². The van der Waals surface area contributed by atoms with Crippen molar-refractivity contribution >= 4 is 46.7 Å². The number of ether oxygens (including phenoxy) is 3. The van der Waals surface area contributed by atoms with Crippen LogP contribution < -0.4 is 22.5 Å². The number of halogens is 3. The summed E-state index contributed by atoms with van der Waals surface area (Å²) >= 11 is 0. The Bertz CT molecular complexity index is 3780. The van der Waals surface area contributed by atoms with Crippen LogP contribution in [0.4, 0.5) is 25.1 Å². The summed E-state index contributed by atoms with van der Waals surface area (Å²) in [7, 11) is 0. The summed E-state index contributed by atoms with van der Waals surface area (Å²) in [6.45, 7) is 5.96. The second-order valence-electron chi connectivity index (χ2n) is 17.6. The van der Waals surface area contributed by atoms with E-state index in [1.807, 2.05) is 40.9 Å². The predicted molar refractivity (Wildman–Crippen MR) is 302 cm³/mol. The normalized spacial score (nSPS) is 11.3. The number of imidazole rings is 2. The van der Waals surface area contributed by atoms with Crippen molar-refractivity contribution < 1.29 is 46.6 Å². The van der Waals surface area contributed by atoms with Gasteiger partial charge >= 0.3 is 17.9 Å². The lowest BCUT2D eigenvalue weighted by molar-refractivity contribution is -0.147. The number of fused-ring (bicyclic) bond motifs is 2. The Kier molecular flexibility index (Phi) is 21.5. The van der Waals surface area contributed by atoms with Gasteiger partial charge in [0.15, 0.2) is 17.6 Å². The Morgan fingerprint density at radius 3 is 1.53 bits per heavy atom. The lowest BCUT2D eigenvalue weighted by Crippen LogP contribution is -2.36. The molecular formula is C60H58F3N13O7. The van der Waals surface area contributed by atoms with Crippen molar-refractivity contribution in [2.75, 3.05) is 31.3 Å². The van der Waals surface area contributed by atoms with Gasteiger partial charge in [0, 0.05) is 37.6 Å². The second kappa shape index (κ2) is 29.7. The van der Waals surface area contributed by atoms with Crippen LogP contribution in [0.5, 0.6) is 0 Å². The van der Waals surface area contributed by atoms with Crippen LogP contribution in [-0.4, -0.2) is 87.3 Å². The first-order valence-electron chi connectivity index (χ1n) is 26.0. The van der Waals surface area contributed by atoms with E-state index < -0.39 is 41.7 Å². The van der Waals surface area contributed by atoms with E-state index in [-0.39, 0.29) is 60.2 Å². The van der Waals surface area contributed by atoms with E-state index in [0.29, 0.717) is 64.8 Å². The van der Waals surface area contributed by atoms with Gasteiger partial charge in [0.25, 0.3) is 0 Å². The number of nitrogens with zero attached hydrogens (tertiary/aromatic N) is 9. The first kappa shape index (κ1) is 60.2. The van der Waals surface area contributed by atoms with E-state index in [1.165, 1.54) is 30.5 Å². The number of nitrogens with one attached hydrogen (secondary N) is 1. The van der Waals surface area contributed by atoms with E-state index in [4.69, 9.17) is 31.4 Å². The van der Waals surface area contributed by atoms with Crippen LogP contribution >= 0.6 is 0 Å². The third-order valence-corrected chi connectivity index (χ3v) is 11.9. The molecule has 426 valence electrons. The van der Waals surface area contributed by atoms with Gasteiger partial charge in [-0.05, 0) is 104 Å². The molecule has 0 radical (unpaired) electrons. The molecule has 2 atom stereocenters. The van der Waals surface area contributed by atoms with Crippen LogP contribution in [0, 0.1) is 17.5 Å². The molecule has 10 rings (SSSR count). The van der Waals surface area contributed by atoms with E-state index >= 15 is 0 Å². The summed E-state index contributed by atoms with van der Waals surface area (Å²) < 4.78 is 59.9. The number of hydrogen-bond acceptors (Lipinski definition) is 17. The molecule has 0 saturated carbocycles. The molecule has 83 heavy (non-hydrogen) atoms. The lowest BCUT2D eigenvalue weighted by atomic mass is 10.1. The van der Waals surface area contributed by atoms with Gasteiger partial charge in [-0.1, -0.05) is 78.9 Å². The third-order valence-electron chi connectivity index (χ3n) is 11.9. The minimum absolute atomic E-state index is 0.0234. The standard InChI is InChI=1S/C17H14FN7.C17H17FN2O3.C17H15FN2O2.C9H12N2O2/c18-11-6-2-1-5-10(11)9-13-21-14(12-7-3-4-8-25(12)13)15-22-16(19)24-17(20)23-15;1-2-23-17(22)16(14-9-5-6-10-19-14)20-15(21)11-12-7-3-4-8-13(12)18;1-2-22-17(21)16-14-9-5-6-10-20(14)15(19-16)11-12-7-3-4-8-13(12)18;1-2-13-9(12)8(10)7-5-3-4-6-11-7/h1-8H,9H2,(H4,19,20,22,23,24);3-10,16H,2,11H2,1H3,(H,20,21);3-10H,2,11H2,1H3;3-6,8H,2,10H2,1H3. The van der Waals surface area contributed by atoms with Crippen LogP contribution in [0.2, 0.25) is 0 Å². The van der Waals surface area contributed by atoms with Gasteiger partial charge in [-0.3, -0.25) is 14.8 Å². The Morgan fingerprint density at radius 1 is 0.530 bits per heavy atom. The number of carbonyl (C=O) groups is 4. The summed E-state index contributed by atoms with van der Waals surface area (Å²) in [4.78, 5) is 76.4. The molecule has 10 aromatic rings. The predicted octanol–water partition coefficient (Wildman–Crippen LogP) is 8.15. The van der Waals surface area contributed by atoms with Gasteiger partial charge in [0.2, 0.25) is 17.8 Å². The van der Waals surface area contributed by atoms with Crippen molar-refractivity contribution in [2.24, 2.45) is 5.73 Å². The molecule has 0 saturated heterocycles. The smallest absolute Gasteiger partial charge is 0.359 e. The zero-order chi connectivity index (χ0) is 59.3. The molecule has 7 heterocycles. The highest BCUT2D eigenvalue weighted by Crippen LogP contribution is 2.25. The number of pyridine rings is 4. The number of hydrogen-bond donors (Lipinski definition) is 4. The van der Waals surface area contributed by atoms with E-state index in [0.717, 1.165) is 5.52 Å². The zero-order valence-electron chi connectivity index (χ0n) is 45.3.